The summed E-state index contributed by atoms with van der Waals surface area (Å²) in [5.74, 6) is 0. The van der Waals surface area contributed by atoms with Crippen LogP contribution in [0.15, 0.2) is 24.5 Å². The number of hydrogen-bond donors (Lipinski definition) is 2. The monoisotopic (exact) mass is 272 g/mol. The second-order valence-corrected chi connectivity index (χ2v) is 5.74. The van der Waals surface area contributed by atoms with Gasteiger partial charge in [0.15, 0.2) is 0 Å². The fourth-order valence-electron chi connectivity index (χ4n) is 3.16. The second-order valence-electron chi connectivity index (χ2n) is 5.74. The van der Waals surface area contributed by atoms with Gasteiger partial charge in [-0.25, -0.2) is 4.98 Å². The van der Waals surface area contributed by atoms with Crippen molar-refractivity contribution in [3.8, 4) is 0 Å². The fraction of sp³-hybridized carbons (Fsp3) is 0.562. The predicted octanol–water partition coefficient (Wildman–Crippen LogP) is 2.53. The normalized spacial score (nSPS) is 19.2. The highest BCUT2D eigenvalue weighted by atomic mass is 15.2. The number of hydrogen-bond acceptors (Lipinski definition) is 3. The van der Waals surface area contributed by atoms with Crippen molar-refractivity contribution in [1.29, 1.82) is 0 Å². The minimum atomic E-state index is 0.671. The maximum Gasteiger partial charge on any atom is 0.137 e. The van der Waals surface area contributed by atoms with E-state index in [9.17, 15) is 0 Å². The van der Waals surface area contributed by atoms with Gasteiger partial charge in [0, 0.05) is 36.9 Å². The Hall–Kier alpha value is -1.39. The van der Waals surface area contributed by atoms with Crippen molar-refractivity contribution in [2.45, 2.75) is 38.8 Å². The van der Waals surface area contributed by atoms with Gasteiger partial charge in [0.05, 0.1) is 0 Å². The van der Waals surface area contributed by atoms with Crippen LogP contribution in [0.25, 0.3) is 11.0 Å². The molecule has 3 rings (SSSR count). The summed E-state index contributed by atoms with van der Waals surface area (Å²) in [7, 11) is 0. The van der Waals surface area contributed by atoms with Gasteiger partial charge >= 0.3 is 0 Å². The summed E-state index contributed by atoms with van der Waals surface area (Å²) in [6, 6.07) is 4.85. The van der Waals surface area contributed by atoms with Gasteiger partial charge in [-0.1, -0.05) is 6.92 Å². The second kappa shape index (κ2) is 6.37. The SMILES string of the molecule is CCCN(Cc1c[nH]c2ncccc12)CC1CCCN1. The molecule has 1 fully saturated rings. The fourth-order valence-corrected chi connectivity index (χ4v) is 3.16. The van der Waals surface area contributed by atoms with E-state index < -0.39 is 0 Å². The van der Waals surface area contributed by atoms with Gasteiger partial charge in [-0.15, -0.1) is 0 Å². The van der Waals surface area contributed by atoms with Crippen LogP contribution in [0, 0.1) is 0 Å². The Morgan fingerprint density at radius 2 is 2.40 bits per heavy atom. The minimum absolute atomic E-state index is 0.671. The van der Waals surface area contributed by atoms with Gasteiger partial charge in [-0.2, -0.15) is 0 Å². The van der Waals surface area contributed by atoms with Crippen LogP contribution in [0.4, 0.5) is 0 Å². The number of fused-ring (bicyclic) bond motifs is 1. The van der Waals surface area contributed by atoms with E-state index in [0.29, 0.717) is 6.04 Å². The topological polar surface area (TPSA) is 44.0 Å². The molecule has 0 amide bonds. The average Bonchev–Trinajstić information content (AvgIpc) is 3.10. The summed E-state index contributed by atoms with van der Waals surface area (Å²) in [5, 5.41) is 4.86. The quantitative estimate of drug-likeness (QED) is 0.849. The Morgan fingerprint density at radius 1 is 1.45 bits per heavy atom. The smallest absolute Gasteiger partial charge is 0.137 e. The number of rotatable bonds is 6. The molecule has 3 heterocycles. The van der Waals surface area contributed by atoms with Crippen molar-refractivity contribution in [3.05, 3.63) is 30.1 Å². The lowest BCUT2D eigenvalue weighted by molar-refractivity contribution is 0.242. The Balaban J connectivity index is 1.71. The molecule has 4 nitrogen and oxygen atoms in total. The highest BCUT2D eigenvalue weighted by Gasteiger charge is 2.18. The van der Waals surface area contributed by atoms with Crippen molar-refractivity contribution in [3.63, 3.8) is 0 Å². The maximum atomic E-state index is 4.37. The molecule has 2 N–H and O–H groups in total. The van der Waals surface area contributed by atoms with Crippen LogP contribution >= 0.6 is 0 Å². The van der Waals surface area contributed by atoms with Gasteiger partial charge in [-0.3, -0.25) is 4.90 Å². The lowest BCUT2D eigenvalue weighted by Gasteiger charge is -2.25. The molecule has 1 atom stereocenters. The largest absolute Gasteiger partial charge is 0.346 e. The van der Waals surface area contributed by atoms with E-state index in [0.717, 1.165) is 25.3 Å². The third-order valence-electron chi connectivity index (χ3n) is 4.11. The summed E-state index contributed by atoms with van der Waals surface area (Å²) in [5.41, 5.74) is 2.36. The van der Waals surface area contributed by atoms with Crippen molar-refractivity contribution < 1.29 is 0 Å². The first-order chi connectivity index (χ1) is 9.86. The number of nitrogens with zero attached hydrogens (tertiary/aromatic N) is 2. The molecular formula is C16H24N4. The molecule has 1 unspecified atom stereocenters. The third-order valence-corrected chi connectivity index (χ3v) is 4.11. The molecule has 0 radical (unpaired) electrons. The molecule has 0 bridgehead atoms. The van der Waals surface area contributed by atoms with Crippen LogP contribution < -0.4 is 5.32 Å². The molecule has 2 aromatic heterocycles. The molecule has 2 aromatic rings. The van der Waals surface area contributed by atoms with E-state index in [4.69, 9.17) is 0 Å². The number of H-pyrrole nitrogens is 1. The van der Waals surface area contributed by atoms with Crippen LogP contribution in [0.1, 0.15) is 31.7 Å². The zero-order valence-electron chi connectivity index (χ0n) is 12.2. The Labute approximate surface area is 120 Å². The van der Waals surface area contributed by atoms with Crippen LogP contribution in [0.3, 0.4) is 0 Å². The van der Waals surface area contributed by atoms with Gasteiger partial charge in [-0.05, 0) is 50.0 Å². The predicted molar refractivity (Wildman–Crippen MR) is 82.7 cm³/mol. The first kappa shape index (κ1) is 13.6. The number of aromatic nitrogens is 2. The van der Waals surface area contributed by atoms with E-state index in [1.165, 1.54) is 36.8 Å². The molecule has 0 spiro atoms. The van der Waals surface area contributed by atoms with Crippen molar-refractivity contribution in [2.75, 3.05) is 19.6 Å². The van der Waals surface area contributed by atoms with Crippen LogP contribution in [0.5, 0.6) is 0 Å². The summed E-state index contributed by atoms with van der Waals surface area (Å²) in [4.78, 5) is 10.2. The molecule has 20 heavy (non-hydrogen) atoms. The van der Waals surface area contributed by atoms with Crippen molar-refractivity contribution in [2.24, 2.45) is 0 Å². The first-order valence-electron chi connectivity index (χ1n) is 7.73. The zero-order chi connectivity index (χ0) is 13.8. The molecule has 0 aromatic carbocycles. The Bertz CT molecular complexity index is 542. The summed E-state index contributed by atoms with van der Waals surface area (Å²) in [6.45, 7) is 6.76. The maximum absolute atomic E-state index is 4.37. The van der Waals surface area contributed by atoms with Gasteiger partial charge in [0.2, 0.25) is 0 Å². The standard InChI is InChI=1S/C16H24N4/c1-2-9-20(12-14-5-3-7-17-14)11-13-10-19-16-15(13)6-4-8-18-16/h4,6,8,10,14,17H,2-3,5,7,9,11-12H2,1H3,(H,18,19). The van der Waals surface area contributed by atoms with Crippen LogP contribution in [0.2, 0.25) is 0 Å². The molecule has 0 aliphatic carbocycles. The van der Waals surface area contributed by atoms with Crippen molar-refractivity contribution >= 4 is 11.0 Å². The van der Waals surface area contributed by atoms with Gasteiger partial charge < -0.3 is 10.3 Å². The average molecular weight is 272 g/mol. The summed E-state index contributed by atoms with van der Waals surface area (Å²) >= 11 is 0. The molecule has 0 saturated carbocycles. The summed E-state index contributed by atoms with van der Waals surface area (Å²) < 4.78 is 0. The molecular weight excluding hydrogens is 248 g/mol. The van der Waals surface area contributed by atoms with Crippen molar-refractivity contribution in [1.82, 2.24) is 20.2 Å². The molecule has 1 aliphatic heterocycles. The van der Waals surface area contributed by atoms with E-state index in [2.05, 4.69) is 39.4 Å². The number of pyridine rings is 1. The minimum Gasteiger partial charge on any atom is -0.346 e. The number of nitrogens with one attached hydrogen (secondary N) is 2. The van der Waals surface area contributed by atoms with Crippen LogP contribution in [-0.2, 0) is 6.54 Å². The van der Waals surface area contributed by atoms with E-state index in [1.807, 2.05) is 12.3 Å². The molecule has 4 heteroatoms. The lowest BCUT2D eigenvalue weighted by Crippen LogP contribution is -2.37. The highest BCUT2D eigenvalue weighted by molar-refractivity contribution is 5.79. The summed E-state index contributed by atoms with van der Waals surface area (Å²) in [6.07, 6.45) is 7.79. The van der Waals surface area contributed by atoms with E-state index >= 15 is 0 Å². The zero-order valence-corrected chi connectivity index (χ0v) is 12.2. The van der Waals surface area contributed by atoms with Crippen LogP contribution in [-0.4, -0.2) is 40.5 Å². The number of aromatic amines is 1. The molecule has 108 valence electrons. The first-order valence-corrected chi connectivity index (χ1v) is 7.73. The van der Waals surface area contributed by atoms with Gasteiger partial charge in [0.1, 0.15) is 5.65 Å². The molecule has 1 saturated heterocycles. The third kappa shape index (κ3) is 3.02. The van der Waals surface area contributed by atoms with E-state index in [1.54, 1.807) is 0 Å². The molecule has 1 aliphatic rings. The lowest BCUT2D eigenvalue weighted by atomic mass is 10.1. The Kier molecular flexibility index (Phi) is 4.33. The van der Waals surface area contributed by atoms with E-state index in [-0.39, 0.29) is 0 Å². The van der Waals surface area contributed by atoms with Gasteiger partial charge in [0.25, 0.3) is 0 Å². The Morgan fingerprint density at radius 3 is 3.20 bits per heavy atom. The highest BCUT2D eigenvalue weighted by Crippen LogP contribution is 2.18.